The summed E-state index contributed by atoms with van der Waals surface area (Å²) in [6.07, 6.45) is 1.57. The summed E-state index contributed by atoms with van der Waals surface area (Å²) in [6, 6.07) is 9.53. The number of methoxy groups -OCH3 is 1. The molecule has 7 nitrogen and oxygen atoms in total. The van der Waals surface area contributed by atoms with Crippen LogP contribution in [0.2, 0.25) is 0 Å². The van der Waals surface area contributed by atoms with E-state index < -0.39 is 0 Å². The molecular formula is C18H22N3O4S+. The molecule has 2 aromatic heterocycles. The number of rotatable bonds is 8. The van der Waals surface area contributed by atoms with Crippen molar-refractivity contribution in [1.82, 2.24) is 9.78 Å². The summed E-state index contributed by atoms with van der Waals surface area (Å²) in [7, 11) is 3.70. The molecule has 1 atom stereocenters. The average Bonchev–Trinajstić information content (AvgIpc) is 3.27. The lowest BCUT2D eigenvalue weighted by Gasteiger charge is -2.15. The monoisotopic (exact) mass is 376 g/mol. The van der Waals surface area contributed by atoms with Crippen molar-refractivity contribution in [3.8, 4) is 23.1 Å². The first kappa shape index (κ1) is 18.2. The lowest BCUT2D eigenvalue weighted by atomic mass is 10.2. The second-order valence-electron chi connectivity index (χ2n) is 5.86. The van der Waals surface area contributed by atoms with Crippen LogP contribution in [-0.2, 0) is 13.2 Å². The maximum absolute atomic E-state index is 5.56. The van der Waals surface area contributed by atoms with E-state index in [-0.39, 0.29) is 0 Å². The quantitative estimate of drug-likeness (QED) is 0.610. The van der Waals surface area contributed by atoms with Crippen molar-refractivity contribution >= 4 is 12.2 Å². The Bertz CT molecular complexity index is 902. The highest BCUT2D eigenvalue weighted by Gasteiger charge is 2.14. The minimum absolute atomic E-state index is 0.319. The molecule has 1 N–H and O–H groups in total. The van der Waals surface area contributed by atoms with Gasteiger partial charge in [0.05, 0.1) is 27.0 Å². The van der Waals surface area contributed by atoms with Crippen LogP contribution >= 0.6 is 12.2 Å². The number of aromatic nitrogens is 2. The van der Waals surface area contributed by atoms with Gasteiger partial charge in [-0.1, -0.05) is 0 Å². The van der Waals surface area contributed by atoms with Crippen LogP contribution in [-0.4, -0.2) is 30.5 Å². The van der Waals surface area contributed by atoms with E-state index >= 15 is 0 Å². The summed E-state index contributed by atoms with van der Waals surface area (Å²) in [5.74, 6) is 2.42. The van der Waals surface area contributed by atoms with Crippen molar-refractivity contribution in [2.45, 2.75) is 20.1 Å². The summed E-state index contributed by atoms with van der Waals surface area (Å²) in [5.41, 5.74) is 1.13. The van der Waals surface area contributed by atoms with E-state index in [2.05, 4.69) is 12.1 Å². The predicted molar refractivity (Wildman–Crippen MR) is 97.8 cm³/mol. The van der Waals surface area contributed by atoms with E-state index in [0.717, 1.165) is 23.6 Å². The molecule has 0 spiro atoms. The van der Waals surface area contributed by atoms with Crippen molar-refractivity contribution in [1.29, 1.82) is 0 Å². The third-order valence-corrected chi connectivity index (χ3v) is 4.09. The lowest BCUT2D eigenvalue weighted by Crippen LogP contribution is -3.07. The SMILES string of the molecule is CCOc1ccc(C[NH+](C)Cn2nc(-c3ccco3)oc2=S)cc1OC. The van der Waals surface area contributed by atoms with Gasteiger partial charge in [0.1, 0.15) is 6.54 Å². The molecule has 0 aliphatic heterocycles. The van der Waals surface area contributed by atoms with Crippen molar-refractivity contribution in [2.24, 2.45) is 0 Å². The van der Waals surface area contributed by atoms with E-state index in [1.165, 1.54) is 4.90 Å². The highest BCUT2D eigenvalue weighted by molar-refractivity contribution is 7.71. The number of benzene rings is 1. The fourth-order valence-electron chi connectivity index (χ4n) is 2.66. The number of ether oxygens (including phenoxy) is 2. The molecule has 0 saturated heterocycles. The van der Waals surface area contributed by atoms with E-state index in [4.69, 9.17) is 30.5 Å². The van der Waals surface area contributed by atoms with Crippen LogP contribution in [0.4, 0.5) is 0 Å². The second kappa shape index (κ2) is 8.20. The fraction of sp³-hybridized carbons (Fsp3) is 0.333. The van der Waals surface area contributed by atoms with Gasteiger partial charge in [-0.25, -0.2) is 0 Å². The molecule has 0 bridgehead atoms. The van der Waals surface area contributed by atoms with Crippen LogP contribution in [0.5, 0.6) is 11.5 Å². The molecule has 0 aliphatic rings. The first-order chi connectivity index (χ1) is 12.6. The maximum atomic E-state index is 5.56. The Morgan fingerprint density at radius 2 is 2.12 bits per heavy atom. The highest BCUT2D eigenvalue weighted by atomic mass is 32.1. The topological polar surface area (TPSA) is 67.0 Å². The smallest absolute Gasteiger partial charge is 0.292 e. The van der Waals surface area contributed by atoms with Crippen LogP contribution in [0.15, 0.2) is 45.4 Å². The van der Waals surface area contributed by atoms with Gasteiger partial charge in [0.15, 0.2) is 23.9 Å². The number of hydrogen-bond acceptors (Lipinski definition) is 6. The van der Waals surface area contributed by atoms with Crippen LogP contribution in [0.3, 0.4) is 0 Å². The van der Waals surface area contributed by atoms with Gasteiger partial charge in [-0.3, -0.25) is 0 Å². The molecule has 138 valence electrons. The fourth-order valence-corrected chi connectivity index (χ4v) is 2.85. The molecule has 26 heavy (non-hydrogen) atoms. The normalized spacial score (nSPS) is 12.1. The molecule has 0 fully saturated rings. The Hall–Kier alpha value is -2.58. The molecule has 3 rings (SSSR count). The molecule has 0 radical (unpaired) electrons. The molecule has 8 heteroatoms. The summed E-state index contributed by atoms with van der Waals surface area (Å²) in [5, 5.41) is 4.39. The van der Waals surface area contributed by atoms with Gasteiger partial charge < -0.3 is 23.2 Å². The van der Waals surface area contributed by atoms with Crippen molar-refractivity contribution in [3.63, 3.8) is 0 Å². The molecule has 0 aliphatic carbocycles. The third kappa shape index (κ3) is 4.14. The molecule has 2 heterocycles. The van der Waals surface area contributed by atoms with Crippen molar-refractivity contribution in [2.75, 3.05) is 20.8 Å². The van der Waals surface area contributed by atoms with Gasteiger partial charge in [0, 0.05) is 5.56 Å². The summed E-state index contributed by atoms with van der Waals surface area (Å²) in [6.45, 7) is 3.89. The number of hydrogen-bond donors (Lipinski definition) is 1. The standard InChI is InChI=1S/C18H21N3O4S/c1-4-23-14-8-7-13(10-16(14)22-3)11-20(2)12-21-18(26)25-17(19-21)15-6-5-9-24-15/h5-10H,4,11-12H2,1-3H3/p+1. The summed E-state index contributed by atoms with van der Waals surface area (Å²) >= 11 is 5.26. The Kier molecular flexibility index (Phi) is 5.75. The van der Waals surface area contributed by atoms with Crippen molar-refractivity contribution in [3.05, 3.63) is 47.0 Å². The van der Waals surface area contributed by atoms with E-state index in [9.17, 15) is 0 Å². The maximum Gasteiger partial charge on any atom is 0.292 e. The van der Waals surface area contributed by atoms with Crippen LogP contribution in [0.1, 0.15) is 12.5 Å². The molecule has 1 aromatic carbocycles. The van der Waals surface area contributed by atoms with Gasteiger partial charge in [-0.2, -0.15) is 4.68 Å². The summed E-state index contributed by atoms with van der Waals surface area (Å²) in [4.78, 5) is 1.51. The third-order valence-electron chi connectivity index (χ3n) is 3.79. The Labute approximate surface area is 156 Å². The highest BCUT2D eigenvalue weighted by Crippen LogP contribution is 2.27. The Balaban J connectivity index is 1.69. The van der Waals surface area contributed by atoms with E-state index in [0.29, 0.717) is 29.8 Å². The molecule has 0 saturated carbocycles. The van der Waals surface area contributed by atoms with Gasteiger partial charge in [-0.05, 0) is 49.5 Å². The predicted octanol–water partition coefficient (Wildman–Crippen LogP) is 2.55. The van der Waals surface area contributed by atoms with Crippen LogP contribution < -0.4 is 14.4 Å². The van der Waals surface area contributed by atoms with Crippen LogP contribution in [0.25, 0.3) is 11.7 Å². The largest absolute Gasteiger partial charge is 0.493 e. The Morgan fingerprint density at radius 1 is 1.27 bits per heavy atom. The number of nitrogens with one attached hydrogen (secondary N) is 1. The van der Waals surface area contributed by atoms with E-state index in [1.54, 1.807) is 30.2 Å². The van der Waals surface area contributed by atoms with Gasteiger partial charge in [-0.15, -0.1) is 5.10 Å². The molecule has 1 unspecified atom stereocenters. The van der Waals surface area contributed by atoms with Crippen molar-refractivity contribution < 1.29 is 23.2 Å². The number of quaternary nitrogens is 1. The average molecular weight is 376 g/mol. The number of furan rings is 1. The first-order valence-electron chi connectivity index (χ1n) is 8.33. The molecular weight excluding hydrogens is 354 g/mol. The van der Waals surface area contributed by atoms with E-state index in [1.807, 2.05) is 25.1 Å². The van der Waals surface area contributed by atoms with Gasteiger partial charge in [0.25, 0.3) is 10.7 Å². The zero-order valence-electron chi connectivity index (χ0n) is 15.0. The number of nitrogens with zero attached hydrogens (tertiary/aromatic N) is 2. The van der Waals surface area contributed by atoms with Gasteiger partial charge in [0.2, 0.25) is 0 Å². The molecule has 0 amide bonds. The molecule has 3 aromatic rings. The second-order valence-corrected chi connectivity index (χ2v) is 6.21. The zero-order chi connectivity index (χ0) is 18.5. The minimum atomic E-state index is 0.319. The first-order valence-corrected chi connectivity index (χ1v) is 8.74. The zero-order valence-corrected chi connectivity index (χ0v) is 15.8. The Morgan fingerprint density at radius 3 is 2.81 bits per heavy atom. The van der Waals surface area contributed by atoms with Crippen LogP contribution in [0, 0.1) is 4.84 Å². The lowest BCUT2D eigenvalue weighted by molar-refractivity contribution is -0.917. The van der Waals surface area contributed by atoms with Gasteiger partial charge >= 0.3 is 0 Å². The minimum Gasteiger partial charge on any atom is -0.493 e. The summed E-state index contributed by atoms with van der Waals surface area (Å²) < 4.78 is 23.4.